The van der Waals surface area contributed by atoms with Gasteiger partial charge in [-0.2, -0.15) is 0 Å². The zero-order valence-corrected chi connectivity index (χ0v) is 20.0. The summed E-state index contributed by atoms with van der Waals surface area (Å²) in [6, 6.07) is 23.9. The van der Waals surface area contributed by atoms with Gasteiger partial charge in [-0.3, -0.25) is 0 Å². The third kappa shape index (κ3) is 4.59. The maximum absolute atomic E-state index is 12.2. The van der Waals surface area contributed by atoms with Crippen molar-refractivity contribution in [2.75, 3.05) is 27.3 Å². The van der Waals surface area contributed by atoms with Crippen molar-refractivity contribution >= 4 is 6.09 Å². The van der Waals surface area contributed by atoms with Crippen LogP contribution >= 0.6 is 0 Å². The third-order valence-corrected chi connectivity index (χ3v) is 6.90. The van der Waals surface area contributed by atoms with E-state index in [2.05, 4.69) is 12.1 Å². The number of ether oxygens (including phenoxy) is 3. The highest BCUT2D eigenvalue weighted by Gasteiger charge is 2.48. The molecule has 178 valence electrons. The molecule has 6 heteroatoms. The lowest BCUT2D eigenvalue weighted by atomic mass is 9.72. The quantitative estimate of drug-likeness (QED) is 0.509. The lowest BCUT2D eigenvalue weighted by molar-refractivity contribution is 0.0470. The van der Waals surface area contributed by atoms with Crippen molar-refractivity contribution in [3.63, 3.8) is 0 Å². The highest BCUT2D eigenvalue weighted by molar-refractivity contribution is 5.68. The summed E-state index contributed by atoms with van der Waals surface area (Å²) in [5.41, 5.74) is 2.68. The number of carbonyl (C=O) groups is 1. The molecule has 1 N–H and O–H groups in total. The molecule has 0 aliphatic carbocycles. The second-order valence-corrected chi connectivity index (χ2v) is 8.99. The van der Waals surface area contributed by atoms with E-state index in [-0.39, 0.29) is 5.92 Å². The Morgan fingerprint density at radius 3 is 2.29 bits per heavy atom. The van der Waals surface area contributed by atoms with Gasteiger partial charge in [0, 0.05) is 24.4 Å². The molecule has 1 heterocycles. The number of hydrogen-bond acceptors (Lipinski definition) is 5. The van der Waals surface area contributed by atoms with Crippen LogP contribution in [0, 0.1) is 5.41 Å². The fourth-order valence-electron chi connectivity index (χ4n) is 4.66. The van der Waals surface area contributed by atoms with E-state index < -0.39 is 17.6 Å². The summed E-state index contributed by atoms with van der Waals surface area (Å²) in [6.45, 7) is 4.62. The topological polar surface area (TPSA) is 68.2 Å². The van der Waals surface area contributed by atoms with Crippen LogP contribution < -0.4 is 9.47 Å². The zero-order valence-electron chi connectivity index (χ0n) is 20.0. The molecule has 0 spiro atoms. The number of aliphatic hydroxyl groups excluding tert-OH is 1. The van der Waals surface area contributed by atoms with Crippen molar-refractivity contribution in [3.8, 4) is 28.4 Å². The summed E-state index contributed by atoms with van der Waals surface area (Å²) in [7, 11) is 2.98. The van der Waals surface area contributed by atoms with Crippen molar-refractivity contribution < 1.29 is 24.1 Å². The normalized spacial score (nSPS) is 20.6. The van der Waals surface area contributed by atoms with E-state index >= 15 is 0 Å². The molecule has 1 saturated heterocycles. The molecule has 1 aliphatic rings. The SMILES string of the molecule is COC(=O)N1C[C@@H](c2ccc(OC)c(Oc3ccc(-c4ccccc4)cc3)c2)[C@](C)([C@H](C)O)C1. The Bertz CT molecular complexity index is 1130. The van der Waals surface area contributed by atoms with Gasteiger partial charge in [0.2, 0.25) is 0 Å². The molecule has 3 aromatic carbocycles. The average Bonchev–Trinajstić information content (AvgIpc) is 3.23. The summed E-state index contributed by atoms with van der Waals surface area (Å²) < 4.78 is 16.7. The molecule has 34 heavy (non-hydrogen) atoms. The second-order valence-electron chi connectivity index (χ2n) is 8.99. The van der Waals surface area contributed by atoms with Crippen LogP contribution in [0.15, 0.2) is 72.8 Å². The van der Waals surface area contributed by atoms with Crippen molar-refractivity contribution in [2.24, 2.45) is 5.41 Å². The number of carbonyl (C=O) groups excluding carboxylic acids is 1. The van der Waals surface area contributed by atoms with E-state index in [0.717, 1.165) is 16.7 Å². The van der Waals surface area contributed by atoms with Gasteiger partial charge < -0.3 is 24.2 Å². The first-order chi connectivity index (χ1) is 16.4. The van der Waals surface area contributed by atoms with E-state index in [1.54, 1.807) is 18.9 Å². The van der Waals surface area contributed by atoms with Gasteiger partial charge in [0.15, 0.2) is 11.5 Å². The molecule has 0 unspecified atom stereocenters. The van der Waals surface area contributed by atoms with Crippen LogP contribution in [0.25, 0.3) is 11.1 Å². The number of nitrogens with zero attached hydrogens (tertiary/aromatic N) is 1. The molecular weight excluding hydrogens is 430 g/mol. The van der Waals surface area contributed by atoms with Crippen LogP contribution in [-0.2, 0) is 4.74 Å². The number of benzene rings is 3. The number of methoxy groups -OCH3 is 2. The minimum absolute atomic E-state index is 0.0969. The molecule has 0 bridgehead atoms. The monoisotopic (exact) mass is 461 g/mol. The highest BCUT2D eigenvalue weighted by atomic mass is 16.5. The minimum Gasteiger partial charge on any atom is -0.493 e. The zero-order chi connectivity index (χ0) is 24.3. The Kier molecular flexibility index (Phi) is 6.80. The number of amides is 1. The Hall–Kier alpha value is -3.51. The summed E-state index contributed by atoms with van der Waals surface area (Å²) >= 11 is 0. The maximum atomic E-state index is 12.2. The van der Waals surface area contributed by atoms with Crippen LogP contribution in [0.3, 0.4) is 0 Å². The smallest absolute Gasteiger partial charge is 0.409 e. The summed E-state index contributed by atoms with van der Waals surface area (Å²) in [6.07, 6.45) is -1.01. The highest BCUT2D eigenvalue weighted by Crippen LogP contribution is 2.47. The second kappa shape index (κ2) is 9.77. The van der Waals surface area contributed by atoms with Gasteiger partial charge in [0.05, 0.1) is 20.3 Å². The van der Waals surface area contributed by atoms with Crippen LogP contribution in [0.4, 0.5) is 4.79 Å². The Morgan fingerprint density at radius 2 is 1.68 bits per heavy atom. The first kappa shape index (κ1) is 23.6. The van der Waals surface area contributed by atoms with Crippen molar-refractivity contribution in [2.45, 2.75) is 25.9 Å². The van der Waals surface area contributed by atoms with E-state index in [4.69, 9.17) is 14.2 Å². The van der Waals surface area contributed by atoms with Crippen molar-refractivity contribution in [1.29, 1.82) is 0 Å². The molecule has 0 saturated carbocycles. The molecular formula is C28H31NO5. The first-order valence-electron chi connectivity index (χ1n) is 11.4. The standard InChI is InChI=1S/C28H31NO5/c1-19(30)28(2)18-29(27(31)33-4)17-24(28)22-12-15-25(32-3)26(16-22)34-23-13-10-21(11-14-23)20-8-6-5-7-9-20/h5-16,19,24,30H,17-18H2,1-4H3/t19-,24-,28-/m0/s1. The summed E-state index contributed by atoms with van der Waals surface area (Å²) in [5.74, 6) is 1.78. The van der Waals surface area contributed by atoms with Crippen LogP contribution in [0.5, 0.6) is 17.2 Å². The van der Waals surface area contributed by atoms with Gasteiger partial charge in [0.25, 0.3) is 0 Å². The van der Waals surface area contributed by atoms with Gasteiger partial charge in [-0.15, -0.1) is 0 Å². The van der Waals surface area contributed by atoms with Crippen LogP contribution in [0.2, 0.25) is 0 Å². The predicted octanol–water partition coefficient (Wildman–Crippen LogP) is 5.71. The van der Waals surface area contributed by atoms with E-state index in [0.29, 0.717) is 30.3 Å². The number of likely N-dealkylation sites (tertiary alicyclic amines) is 1. The van der Waals surface area contributed by atoms with Crippen LogP contribution in [0.1, 0.15) is 25.3 Å². The summed E-state index contributed by atoms with van der Waals surface area (Å²) in [5, 5.41) is 10.6. The molecule has 6 nitrogen and oxygen atoms in total. The van der Waals surface area contributed by atoms with Gasteiger partial charge in [-0.1, -0.05) is 55.5 Å². The van der Waals surface area contributed by atoms with Crippen molar-refractivity contribution in [3.05, 3.63) is 78.4 Å². The van der Waals surface area contributed by atoms with E-state index in [9.17, 15) is 9.90 Å². The Balaban J connectivity index is 1.62. The fraction of sp³-hybridized carbons (Fsp3) is 0.321. The molecule has 3 aromatic rings. The fourth-order valence-corrected chi connectivity index (χ4v) is 4.66. The molecule has 0 aromatic heterocycles. The predicted molar refractivity (Wildman–Crippen MR) is 131 cm³/mol. The molecule has 1 aliphatic heterocycles. The molecule has 0 radical (unpaired) electrons. The lowest BCUT2D eigenvalue weighted by Crippen LogP contribution is -2.38. The lowest BCUT2D eigenvalue weighted by Gasteiger charge is -2.33. The molecule has 1 fully saturated rings. The largest absolute Gasteiger partial charge is 0.493 e. The third-order valence-electron chi connectivity index (χ3n) is 6.90. The van der Waals surface area contributed by atoms with Gasteiger partial charge >= 0.3 is 6.09 Å². The summed E-state index contributed by atoms with van der Waals surface area (Å²) in [4.78, 5) is 13.9. The van der Waals surface area contributed by atoms with E-state index in [1.807, 2.05) is 67.6 Å². The minimum atomic E-state index is -0.621. The number of rotatable bonds is 6. The van der Waals surface area contributed by atoms with Crippen molar-refractivity contribution in [1.82, 2.24) is 4.90 Å². The van der Waals surface area contributed by atoms with Gasteiger partial charge in [0.1, 0.15) is 5.75 Å². The van der Waals surface area contributed by atoms with E-state index in [1.165, 1.54) is 7.11 Å². The number of aliphatic hydroxyl groups is 1. The first-order valence-corrected chi connectivity index (χ1v) is 11.4. The van der Waals surface area contributed by atoms with Gasteiger partial charge in [-0.25, -0.2) is 4.79 Å². The maximum Gasteiger partial charge on any atom is 0.409 e. The van der Waals surface area contributed by atoms with Gasteiger partial charge in [-0.05, 0) is 47.9 Å². The number of hydrogen-bond donors (Lipinski definition) is 1. The molecule has 3 atom stereocenters. The van der Waals surface area contributed by atoms with Crippen LogP contribution in [-0.4, -0.2) is 49.5 Å². The Labute approximate surface area is 200 Å². The average molecular weight is 462 g/mol. The Morgan fingerprint density at radius 1 is 1.00 bits per heavy atom. The molecule has 1 amide bonds. The molecule has 4 rings (SSSR count).